The van der Waals surface area contributed by atoms with Crippen LogP contribution < -0.4 is 10.9 Å². The van der Waals surface area contributed by atoms with E-state index >= 15 is 0 Å². The average molecular weight is 420 g/mol. The molecule has 4 bridgehead atoms. The maximum Gasteiger partial charge on any atom is 0.269 e. The molecule has 4 saturated carbocycles. The van der Waals surface area contributed by atoms with Crippen LogP contribution in [0.4, 0.5) is 0 Å². The quantitative estimate of drug-likeness (QED) is 0.716. The second kappa shape index (κ2) is 7.40. The highest BCUT2D eigenvalue weighted by Crippen LogP contribution is 2.61. The van der Waals surface area contributed by atoms with Crippen LogP contribution in [-0.4, -0.2) is 38.6 Å². The molecule has 0 atom stereocenters. The smallest absolute Gasteiger partial charge is 0.269 e. The molecular formula is C21H29N3O4S. The molecule has 4 aliphatic rings. The average Bonchev–Trinajstić information content (AvgIpc) is 2.64. The molecule has 5 rings (SSSR count). The molecule has 4 aliphatic carbocycles. The van der Waals surface area contributed by atoms with Crippen molar-refractivity contribution < 1.29 is 18.0 Å². The summed E-state index contributed by atoms with van der Waals surface area (Å²) >= 11 is 0. The molecule has 1 aromatic carbocycles. The summed E-state index contributed by atoms with van der Waals surface area (Å²) in [6.45, 7) is 0. The molecule has 0 aromatic heterocycles. The first-order valence-corrected chi connectivity index (χ1v) is 11.7. The standard InChI is InChI=1S/C21H29N3O4S/c1-24(2)29(27,28)18-5-3-17(4-6-18)20(26)23-22-19(25)13-21-10-14-7-15(11-21)9-16(8-14)12-21/h3-6,14-16H,7-13H2,1-2H3,(H,22,25)(H,23,26). The molecule has 0 aliphatic heterocycles. The third kappa shape index (κ3) is 4.05. The first-order chi connectivity index (χ1) is 13.7. The van der Waals surface area contributed by atoms with Crippen LogP contribution in [-0.2, 0) is 14.8 Å². The first kappa shape index (κ1) is 20.3. The SMILES string of the molecule is CN(C)S(=O)(=O)c1ccc(C(=O)NNC(=O)CC23CC4CC(CC(C4)C2)C3)cc1. The minimum atomic E-state index is -3.54. The van der Waals surface area contributed by atoms with E-state index in [2.05, 4.69) is 10.9 Å². The van der Waals surface area contributed by atoms with Crippen molar-refractivity contribution in [2.75, 3.05) is 14.1 Å². The second-order valence-corrected chi connectivity index (χ2v) is 11.6. The van der Waals surface area contributed by atoms with Gasteiger partial charge in [-0.25, -0.2) is 12.7 Å². The lowest BCUT2D eigenvalue weighted by atomic mass is 9.49. The predicted molar refractivity (Wildman–Crippen MR) is 108 cm³/mol. The molecule has 7 nitrogen and oxygen atoms in total. The maximum atomic E-state index is 12.5. The molecule has 1 aromatic rings. The summed E-state index contributed by atoms with van der Waals surface area (Å²) in [5.74, 6) is 1.73. The number of hydrogen-bond acceptors (Lipinski definition) is 4. The van der Waals surface area contributed by atoms with Gasteiger partial charge in [0.2, 0.25) is 15.9 Å². The molecule has 4 fully saturated rings. The first-order valence-electron chi connectivity index (χ1n) is 10.3. The number of benzene rings is 1. The number of hydrogen-bond donors (Lipinski definition) is 2. The van der Waals surface area contributed by atoms with Crippen LogP contribution in [0.2, 0.25) is 0 Å². The van der Waals surface area contributed by atoms with Crippen LogP contribution in [0.1, 0.15) is 55.3 Å². The lowest BCUT2D eigenvalue weighted by molar-refractivity contribution is -0.130. The third-order valence-corrected chi connectivity index (χ3v) is 8.74. The highest BCUT2D eigenvalue weighted by atomic mass is 32.2. The van der Waals surface area contributed by atoms with Crippen molar-refractivity contribution in [3.63, 3.8) is 0 Å². The Balaban J connectivity index is 1.32. The third-order valence-electron chi connectivity index (χ3n) is 6.91. The molecule has 0 heterocycles. The van der Waals surface area contributed by atoms with Crippen molar-refractivity contribution in [3.05, 3.63) is 29.8 Å². The van der Waals surface area contributed by atoms with Crippen LogP contribution in [0.3, 0.4) is 0 Å². The molecule has 2 amide bonds. The molecule has 0 unspecified atom stereocenters. The Morgan fingerprint density at radius 3 is 1.97 bits per heavy atom. The fourth-order valence-corrected chi connectivity index (χ4v) is 6.98. The highest BCUT2D eigenvalue weighted by Gasteiger charge is 2.51. The van der Waals surface area contributed by atoms with Gasteiger partial charge in [-0.15, -0.1) is 0 Å². The fourth-order valence-electron chi connectivity index (χ4n) is 6.08. The van der Waals surface area contributed by atoms with Gasteiger partial charge in [-0.05, 0) is 86.0 Å². The van der Waals surface area contributed by atoms with Gasteiger partial charge in [-0.2, -0.15) is 0 Å². The van der Waals surface area contributed by atoms with Crippen molar-refractivity contribution in [2.45, 2.75) is 49.8 Å². The van der Waals surface area contributed by atoms with E-state index in [1.165, 1.54) is 57.6 Å². The maximum absolute atomic E-state index is 12.5. The van der Waals surface area contributed by atoms with Gasteiger partial charge < -0.3 is 0 Å². The minimum Gasteiger partial charge on any atom is -0.273 e. The van der Waals surface area contributed by atoms with E-state index in [1.807, 2.05) is 0 Å². The van der Waals surface area contributed by atoms with Gasteiger partial charge in [-0.1, -0.05) is 0 Å². The van der Waals surface area contributed by atoms with Gasteiger partial charge in [0.25, 0.3) is 5.91 Å². The zero-order valence-electron chi connectivity index (χ0n) is 17.0. The minimum absolute atomic E-state index is 0.116. The summed E-state index contributed by atoms with van der Waals surface area (Å²) in [4.78, 5) is 25.0. The van der Waals surface area contributed by atoms with Gasteiger partial charge in [0.05, 0.1) is 4.90 Å². The van der Waals surface area contributed by atoms with Crippen LogP contribution in [0.5, 0.6) is 0 Å². The summed E-state index contributed by atoms with van der Waals surface area (Å²) < 4.78 is 25.3. The summed E-state index contributed by atoms with van der Waals surface area (Å²) in [7, 11) is -0.632. The van der Waals surface area contributed by atoms with Crippen molar-refractivity contribution in [1.29, 1.82) is 0 Å². The monoisotopic (exact) mass is 419 g/mol. The van der Waals surface area contributed by atoms with Gasteiger partial charge in [0, 0.05) is 26.1 Å². The Labute approximate surface area is 172 Å². The van der Waals surface area contributed by atoms with E-state index in [-0.39, 0.29) is 21.8 Å². The van der Waals surface area contributed by atoms with Crippen LogP contribution in [0.15, 0.2) is 29.2 Å². The number of nitrogens with zero attached hydrogens (tertiary/aromatic N) is 1. The molecule has 29 heavy (non-hydrogen) atoms. The number of rotatable bonds is 5. The van der Waals surface area contributed by atoms with Crippen LogP contribution >= 0.6 is 0 Å². The summed E-state index contributed by atoms with van der Waals surface area (Å²) in [6.07, 6.45) is 7.88. The predicted octanol–water partition coefficient (Wildman–Crippen LogP) is 2.30. The number of sulfonamides is 1. The van der Waals surface area contributed by atoms with Crippen LogP contribution in [0, 0.1) is 23.2 Å². The Morgan fingerprint density at radius 1 is 0.966 bits per heavy atom. The number of hydrazine groups is 1. The molecule has 8 heteroatoms. The fraction of sp³-hybridized carbons (Fsp3) is 0.619. The van der Waals surface area contributed by atoms with E-state index < -0.39 is 15.9 Å². The second-order valence-electron chi connectivity index (χ2n) is 9.41. The topological polar surface area (TPSA) is 95.6 Å². The lowest BCUT2D eigenvalue weighted by Gasteiger charge is -2.56. The zero-order valence-corrected chi connectivity index (χ0v) is 17.8. The van der Waals surface area contributed by atoms with Crippen molar-refractivity contribution in [1.82, 2.24) is 15.2 Å². The zero-order chi connectivity index (χ0) is 20.8. The van der Waals surface area contributed by atoms with Crippen molar-refractivity contribution >= 4 is 21.8 Å². The molecule has 158 valence electrons. The molecule has 0 spiro atoms. The summed E-state index contributed by atoms with van der Waals surface area (Å²) in [5.41, 5.74) is 5.42. The number of amides is 2. The number of carbonyl (C=O) groups excluding carboxylic acids is 2. The van der Waals surface area contributed by atoms with Gasteiger partial charge >= 0.3 is 0 Å². The summed E-state index contributed by atoms with van der Waals surface area (Å²) in [6, 6.07) is 5.66. The largest absolute Gasteiger partial charge is 0.273 e. The van der Waals surface area contributed by atoms with E-state index in [9.17, 15) is 18.0 Å². The van der Waals surface area contributed by atoms with Gasteiger partial charge in [0.15, 0.2) is 0 Å². The van der Waals surface area contributed by atoms with Gasteiger partial charge in [-0.3, -0.25) is 20.4 Å². The van der Waals surface area contributed by atoms with Crippen LogP contribution in [0.25, 0.3) is 0 Å². The summed E-state index contributed by atoms with van der Waals surface area (Å²) in [5, 5.41) is 0. The van der Waals surface area contributed by atoms with Crippen molar-refractivity contribution in [3.8, 4) is 0 Å². The Kier molecular flexibility index (Phi) is 5.19. The molecule has 0 saturated heterocycles. The number of nitrogens with one attached hydrogen (secondary N) is 2. The molecular weight excluding hydrogens is 390 g/mol. The molecule has 0 radical (unpaired) electrons. The highest BCUT2D eigenvalue weighted by molar-refractivity contribution is 7.89. The molecule has 2 N–H and O–H groups in total. The van der Waals surface area contributed by atoms with E-state index in [1.54, 1.807) is 0 Å². The lowest BCUT2D eigenvalue weighted by Crippen LogP contribution is -2.50. The Morgan fingerprint density at radius 2 is 1.48 bits per heavy atom. The normalized spacial score (nSPS) is 30.4. The van der Waals surface area contributed by atoms with E-state index in [0.29, 0.717) is 6.42 Å². The van der Waals surface area contributed by atoms with Gasteiger partial charge in [0.1, 0.15) is 0 Å². The van der Waals surface area contributed by atoms with E-state index in [4.69, 9.17) is 0 Å². The van der Waals surface area contributed by atoms with E-state index in [0.717, 1.165) is 41.3 Å². The van der Waals surface area contributed by atoms with Crippen molar-refractivity contribution in [2.24, 2.45) is 23.2 Å². The Hall–Kier alpha value is -1.93. The Bertz CT molecular complexity index is 873. The number of carbonyl (C=O) groups is 2.